The third-order valence-corrected chi connectivity index (χ3v) is 3.23. The second-order valence-electron chi connectivity index (χ2n) is 5.07. The van der Waals surface area contributed by atoms with E-state index in [4.69, 9.17) is 4.74 Å². The highest BCUT2D eigenvalue weighted by Gasteiger charge is 2.05. The van der Waals surface area contributed by atoms with Gasteiger partial charge in [0.05, 0.1) is 13.3 Å². The summed E-state index contributed by atoms with van der Waals surface area (Å²) in [5, 5.41) is 13.4. The minimum Gasteiger partial charge on any atom is -0.504 e. The average molecular weight is 313 g/mol. The van der Waals surface area contributed by atoms with Gasteiger partial charge in [-0.05, 0) is 48.0 Å². The molecule has 0 fully saturated rings. The lowest BCUT2D eigenvalue weighted by Gasteiger charge is -2.12. The molecule has 2 rings (SSSR count). The van der Waals surface area contributed by atoms with Crippen LogP contribution in [0.3, 0.4) is 0 Å². The number of aromatic hydroxyl groups is 1. The summed E-state index contributed by atoms with van der Waals surface area (Å²) in [4.78, 5) is 13.9. The van der Waals surface area contributed by atoms with Gasteiger partial charge in [-0.1, -0.05) is 0 Å². The van der Waals surface area contributed by atoms with Crippen molar-refractivity contribution in [2.75, 3.05) is 26.1 Å². The number of phenols is 1. The Morgan fingerprint density at radius 2 is 1.91 bits per heavy atom. The Hall–Kier alpha value is -3.02. The summed E-state index contributed by atoms with van der Waals surface area (Å²) in [6.07, 6.45) is 1.48. The van der Waals surface area contributed by atoms with Crippen LogP contribution in [-0.2, 0) is 0 Å². The van der Waals surface area contributed by atoms with Gasteiger partial charge in [0.15, 0.2) is 11.5 Å². The SMILES string of the molecule is COc1cc(/C=N/NC(=O)c2ccc(N(C)C)cc2)ccc1O. The zero-order valence-electron chi connectivity index (χ0n) is 13.3. The van der Waals surface area contributed by atoms with Crippen LogP contribution in [0.2, 0.25) is 0 Å². The summed E-state index contributed by atoms with van der Waals surface area (Å²) in [5.74, 6) is 0.103. The molecular formula is C17H19N3O3. The van der Waals surface area contributed by atoms with Crippen LogP contribution in [0.5, 0.6) is 11.5 Å². The van der Waals surface area contributed by atoms with Crippen LogP contribution in [0.25, 0.3) is 0 Å². The van der Waals surface area contributed by atoms with Crippen molar-refractivity contribution in [3.63, 3.8) is 0 Å². The minimum atomic E-state index is -0.294. The maximum absolute atomic E-state index is 12.0. The number of carbonyl (C=O) groups excluding carboxylic acids is 1. The summed E-state index contributed by atoms with van der Waals surface area (Å²) in [7, 11) is 5.34. The molecule has 2 aromatic rings. The molecule has 120 valence electrons. The van der Waals surface area contributed by atoms with E-state index in [2.05, 4.69) is 10.5 Å². The van der Waals surface area contributed by atoms with E-state index in [1.165, 1.54) is 19.4 Å². The minimum absolute atomic E-state index is 0.0506. The highest BCUT2D eigenvalue weighted by Crippen LogP contribution is 2.25. The van der Waals surface area contributed by atoms with Gasteiger partial charge in [-0.25, -0.2) is 5.43 Å². The second-order valence-corrected chi connectivity index (χ2v) is 5.07. The van der Waals surface area contributed by atoms with Crippen LogP contribution in [0.15, 0.2) is 47.6 Å². The largest absolute Gasteiger partial charge is 0.504 e. The van der Waals surface area contributed by atoms with E-state index in [0.29, 0.717) is 16.9 Å². The number of amides is 1. The number of carbonyl (C=O) groups is 1. The predicted molar refractivity (Wildman–Crippen MR) is 90.5 cm³/mol. The topological polar surface area (TPSA) is 74.2 Å². The van der Waals surface area contributed by atoms with Crippen molar-refractivity contribution in [3.05, 3.63) is 53.6 Å². The molecular weight excluding hydrogens is 294 g/mol. The van der Waals surface area contributed by atoms with Crippen LogP contribution >= 0.6 is 0 Å². The zero-order chi connectivity index (χ0) is 16.8. The molecule has 1 amide bonds. The first kappa shape index (κ1) is 16.4. The third kappa shape index (κ3) is 4.23. The maximum atomic E-state index is 12.0. The van der Waals surface area contributed by atoms with E-state index < -0.39 is 0 Å². The molecule has 0 radical (unpaired) electrons. The van der Waals surface area contributed by atoms with Crippen molar-refractivity contribution < 1.29 is 14.6 Å². The van der Waals surface area contributed by atoms with Crippen molar-refractivity contribution in [1.29, 1.82) is 0 Å². The lowest BCUT2D eigenvalue weighted by molar-refractivity contribution is 0.0955. The number of hydrogen-bond acceptors (Lipinski definition) is 5. The Morgan fingerprint density at radius 1 is 1.22 bits per heavy atom. The zero-order valence-corrected chi connectivity index (χ0v) is 13.3. The summed E-state index contributed by atoms with van der Waals surface area (Å²) >= 11 is 0. The first-order chi connectivity index (χ1) is 11.0. The normalized spacial score (nSPS) is 10.6. The molecule has 0 aromatic heterocycles. The van der Waals surface area contributed by atoms with Crippen molar-refractivity contribution in [1.82, 2.24) is 5.43 Å². The molecule has 6 heteroatoms. The van der Waals surface area contributed by atoms with E-state index in [9.17, 15) is 9.90 Å². The molecule has 6 nitrogen and oxygen atoms in total. The summed E-state index contributed by atoms with van der Waals surface area (Å²) in [6, 6.07) is 12.0. The summed E-state index contributed by atoms with van der Waals surface area (Å²) in [6.45, 7) is 0. The molecule has 0 aliphatic heterocycles. The van der Waals surface area contributed by atoms with E-state index in [-0.39, 0.29) is 11.7 Å². The van der Waals surface area contributed by atoms with Crippen LogP contribution in [0.4, 0.5) is 5.69 Å². The number of nitrogens with one attached hydrogen (secondary N) is 1. The van der Waals surface area contributed by atoms with Crippen molar-refractivity contribution in [2.45, 2.75) is 0 Å². The number of anilines is 1. The Morgan fingerprint density at radius 3 is 2.52 bits per heavy atom. The van der Waals surface area contributed by atoms with Gasteiger partial charge in [0.1, 0.15) is 0 Å². The molecule has 2 N–H and O–H groups in total. The second kappa shape index (κ2) is 7.31. The molecule has 0 atom stereocenters. The van der Waals surface area contributed by atoms with Gasteiger partial charge in [-0.15, -0.1) is 0 Å². The molecule has 0 saturated carbocycles. The smallest absolute Gasteiger partial charge is 0.271 e. The number of phenolic OH excluding ortho intramolecular Hbond substituents is 1. The molecule has 0 heterocycles. The Labute approximate surface area is 135 Å². The molecule has 23 heavy (non-hydrogen) atoms. The van der Waals surface area contributed by atoms with Crippen molar-refractivity contribution >= 4 is 17.8 Å². The highest BCUT2D eigenvalue weighted by atomic mass is 16.5. The quantitative estimate of drug-likeness (QED) is 0.656. The standard InChI is InChI=1S/C17H19N3O3/c1-20(2)14-7-5-13(6-8-14)17(22)19-18-11-12-4-9-15(21)16(10-12)23-3/h4-11,21H,1-3H3,(H,19,22)/b18-11+. The lowest BCUT2D eigenvalue weighted by atomic mass is 10.2. The molecule has 2 aromatic carbocycles. The Bertz CT molecular complexity index is 710. The number of rotatable bonds is 5. The Balaban J connectivity index is 2.00. The lowest BCUT2D eigenvalue weighted by Crippen LogP contribution is -2.17. The molecule has 0 unspecified atom stereocenters. The van der Waals surface area contributed by atoms with Crippen molar-refractivity contribution in [3.8, 4) is 11.5 Å². The number of methoxy groups -OCH3 is 1. The fraction of sp³-hybridized carbons (Fsp3) is 0.176. The molecule has 0 saturated heterocycles. The van der Waals surface area contributed by atoms with E-state index >= 15 is 0 Å². The molecule has 0 aliphatic rings. The van der Waals surface area contributed by atoms with Gasteiger partial charge in [0.25, 0.3) is 5.91 Å². The first-order valence-corrected chi connectivity index (χ1v) is 6.99. The van der Waals surface area contributed by atoms with Crippen LogP contribution in [0, 0.1) is 0 Å². The first-order valence-electron chi connectivity index (χ1n) is 6.99. The van der Waals surface area contributed by atoms with E-state index in [1.54, 1.807) is 24.3 Å². The highest BCUT2D eigenvalue weighted by molar-refractivity contribution is 5.95. The number of nitrogens with zero attached hydrogens (tertiary/aromatic N) is 2. The molecule has 0 bridgehead atoms. The van der Waals surface area contributed by atoms with Gasteiger partial charge in [-0.2, -0.15) is 5.10 Å². The number of hydrogen-bond donors (Lipinski definition) is 2. The number of ether oxygens (including phenoxy) is 1. The Kier molecular flexibility index (Phi) is 5.19. The predicted octanol–water partition coefficient (Wildman–Crippen LogP) is 2.23. The van der Waals surface area contributed by atoms with Crippen LogP contribution in [-0.4, -0.2) is 38.4 Å². The maximum Gasteiger partial charge on any atom is 0.271 e. The van der Waals surface area contributed by atoms with Crippen LogP contribution < -0.4 is 15.1 Å². The monoisotopic (exact) mass is 313 g/mol. The molecule has 0 spiro atoms. The molecule has 0 aliphatic carbocycles. The fourth-order valence-corrected chi connectivity index (χ4v) is 1.92. The summed E-state index contributed by atoms with van der Waals surface area (Å²) in [5.41, 5.74) is 4.70. The van der Waals surface area contributed by atoms with Gasteiger partial charge in [-0.3, -0.25) is 4.79 Å². The average Bonchev–Trinajstić information content (AvgIpc) is 2.56. The van der Waals surface area contributed by atoms with Gasteiger partial charge in [0, 0.05) is 25.3 Å². The third-order valence-electron chi connectivity index (χ3n) is 3.23. The van der Waals surface area contributed by atoms with E-state index in [0.717, 1.165) is 5.69 Å². The number of hydrazone groups is 1. The van der Waals surface area contributed by atoms with Crippen molar-refractivity contribution in [2.24, 2.45) is 5.10 Å². The fourth-order valence-electron chi connectivity index (χ4n) is 1.92. The van der Waals surface area contributed by atoms with Gasteiger partial charge >= 0.3 is 0 Å². The van der Waals surface area contributed by atoms with E-state index in [1.807, 2.05) is 31.1 Å². The number of benzene rings is 2. The van der Waals surface area contributed by atoms with Gasteiger partial charge < -0.3 is 14.7 Å². The van der Waals surface area contributed by atoms with Crippen LogP contribution in [0.1, 0.15) is 15.9 Å². The van der Waals surface area contributed by atoms with Gasteiger partial charge in [0.2, 0.25) is 0 Å². The summed E-state index contributed by atoms with van der Waals surface area (Å²) < 4.78 is 5.01.